The van der Waals surface area contributed by atoms with Crippen molar-refractivity contribution < 1.29 is 9.52 Å². The Hall–Kier alpha value is -2.72. The normalized spacial score (nSPS) is 11.3. The molecule has 0 aliphatic carbocycles. The maximum atomic E-state index is 12.1. The van der Waals surface area contributed by atoms with Crippen molar-refractivity contribution in [2.45, 2.75) is 0 Å². The third-order valence-corrected chi connectivity index (χ3v) is 3.89. The molecule has 4 aromatic rings. The van der Waals surface area contributed by atoms with Crippen LogP contribution >= 0.6 is 11.6 Å². The van der Waals surface area contributed by atoms with Gasteiger partial charge in [-0.2, -0.15) is 0 Å². The predicted molar refractivity (Wildman–Crippen MR) is 86.5 cm³/mol. The first-order valence-electron chi connectivity index (χ1n) is 6.67. The van der Waals surface area contributed by atoms with Crippen LogP contribution in [0.4, 0.5) is 0 Å². The highest BCUT2D eigenvalue weighted by Crippen LogP contribution is 2.38. The SMILES string of the molecule is O=c1oc2ccccc2c2c(O)c(-c3cccc(Cl)c3)[nH]c12. The molecule has 4 rings (SSSR count). The molecule has 0 aliphatic heterocycles. The number of fused-ring (bicyclic) bond motifs is 3. The smallest absolute Gasteiger partial charge is 0.360 e. The number of aromatic hydroxyl groups is 1. The Morgan fingerprint density at radius 2 is 1.91 bits per heavy atom. The van der Waals surface area contributed by atoms with E-state index in [0.29, 0.717) is 32.6 Å². The Morgan fingerprint density at radius 1 is 1.09 bits per heavy atom. The van der Waals surface area contributed by atoms with E-state index in [1.807, 2.05) is 6.07 Å². The van der Waals surface area contributed by atoms with Gasteiger partial charge < -0.3 is 14.5 Å². The number of rotatable bonds is 1. The highest BCUT2D eigenvalue weighted by Gasteiger charge is 2.18. The van der Waals surface area contributed by atoms with Gasteiger partial charge in [0.2, 0.25) is 0 Å². The zero-order chi connectivity index (χ0) is 15.3. The van der Waals surface area contributed by atoms with E-state index in [-0.39, 0.29) is 11.3 Å². The molecule has 0 unspecified atom stereocenters. The molecule has 108 valence electrons. The van der Waals surface area contributed by atoms with Crippen LogP contribution in [0, 0.1) is 0 Å². The van der Waals surface area contributed by atoms with Crippen LogP contribution in [0.5, 0.6) is 5.75 Å². The fraction of sp³-hybridized carbons (Fsp3) is 0. The van der Waals surface area contributed by atoms with Gasteiger partial charge in [0.15, 0.2) is 0 Å². The predicted octanol–water partition coefficient (Wildman–Crippen LogP) is 4.30. The number of hydrogen-bond acceptors (Lipinski definition) is 3. The molecule has 0 amide bonds. The van der Waals surface area contributed by atoms with E-state index in [1.54, 1.807) is 42.5 Å². The fourth-order valence-corrected chi connectivity index (χ4v) is 2.86. The van der Waals surface area contributed by atoms with Crippen molar-refractivity contribution in [3.8, 4) is 17.0 Å². The minimum absolute atomic E-state index is 0.0152. The summed E-state index contributed by atoms with van der Waals surface area (Å²) >= 11 is 6.00. The van der Waals surface area contributed by atoms with E-state index >= 15 is 0 Å². The first kappa shape index (κ1) is 13.0. The lowest BCUT2D eigenvalue weighted by Gasteiger charge is -2.00. The zero-order valence-electron chi connectivity index (χ0n) is 11.3. The van der Waals surface area contributed by atoms with Gasteiger partial charge in [-0.05, 0) is 18.2 Å². The topological polar surface area (TPSA) is 66.2 Å². The molecule has 2 aromatic carbocycles. The Bertz CT molecular complexity index is 1080. The number of H-pyrrole nitrogens is 1. The molecule has 5 heteroatoms. The summed E-state index contributed by atoms with van der Waals surface area (Å²) in [6.45, 7) is 0. The molecule has 2 aromatic heterocycles. The van der Waals surface area contributed by atoms with Crippen LogP contribution in [0.2, 0.25) is 5.02 Å². The summed E-state index contributed by atoms with van der Waals surface area (Å²) in [5.74, 6) is 0.0152. The second kappa shape index (κ2) is 4.64. The molecular weight excluding hydrogens is 302 g/mol. The number of aromatic nitrogens is 1. The molecule has 0 fully saturated rings. The second-order valence-corrected chi connectivity index (χ2v) is 5.43. The van der Waals surface area contributed by atoms with Gasteiger partial charge in [-0.3, -0.25) is 0 Å². The van der Waals surface area contributed by atoms with Crippen LogP contribution in [0.3, 0.4) is 0 Å². The molecule has 0 saturated carbocycles. The summed E-state index contributed by atoms with van der Waals surface area (Å²) in [6.07, 6.45) is 0. The van der Waals surface area contributed by atoms with Gasteiger partial charge in [0, 0.05) is 16.0 Å². The Morgan fingerprint density at radius 3 is 2.73 bits per heavy atom. The van der Waals surface area contributed by atoms with Crippen LogP contribution < -0.4 is 5.63 Å². The maximum Gasteiger partial charge on any atom is 0.360 e. The number of benzene rings is 2. The minimum Gasteiger partial charge on any atom is -0.505 e. The average molecular weight is 312 g/mol. The van der Waals surface area contributed by atoms with E-state index in [4.69, 9.17) is 16.0 Å². The van der Waals surface area contributed by atoms with Crippen LogP contribution in [-0.4, -0.2) is 10.1 Å². The number of para-hydroxylation sites is 1. The van der Waals surface area contributed by atoms with Crippen molar-refractivity contribution in [2.75, 3.05) is 0 Å². The quantitative estimate of drug-likeness (QED) is 0.515. The van der Waals surface area contributed by atoms with Gasteiger partial charge in [-0.1, -0.05) is 41.9 Å². The van der Waals surface area contributed by atoms with Crippen molar-refractivity contribution in [1.29, 1.82) is 0 Å². The van der Waals surface area contributed by atoms with Gasteiger partial charge in [0.05, 0.1) is 11.1 Å². The summed E-state index contributed by atoms with van der Waals surface area (Å²) in [6, 6.07) is 14.1. The molecule has 0 bridgehead atoms. The lowest BCUT2D eigenvalue weighted by Crippen LogP contribution is -1.99. The first-order chi connectivity index (χ1) is 10.6. The van der Waals surface area contributed by atoms with Gasteiger partial charge in [0.1, 0.15) is 16.8 Å². The fourth-order valence-electron chi connectivity index (χ4n) is 2.67. The molecule has 22 heavy (non-hydrogen) atoms. The molecule has 0 radical (unpaired) electrons. The van der Waals surface area contributed by atoms with Crippen LogP contribution in [-0.2, 0) is 0 Å². The lowest BCUT2D eigenvalue weighted by molar-refractivity contribution is 0.483. The highest BCUT2D eigenvalue weighted by atomic mass is 35.5. The lowest BCUT2D eigenvalue weighted by atomic mass is 10.1. The molecule has 4 nitrogen and oxygen atoms in total. The van der Waals surface area contributed by atoms with Gasteiger partial charge >= 0.3 is 5.63 Å². The van der Waals surface area contributed by atoms with Gasteiger partial charge in [0.25, 0.3) is 0 Å². The van der Waals surface area contributed by atoms with Crippen LogP contribution in [0.25, 0.3) is 33.1 Å². The molecule has 0 atom stereocenters. The van der Waals surface area contributed by atoms with Gasteiger partial charge in [-0.25, -0.2) is 4.79 Å². The van der Waals surface area contributed by atoms with Crippen LogP contribution in [0.15, 0.2) is 57.7 Å². The number of halogens is 1. The summed E-state index contributed by atoms with van der Waals surface area (Å²) < 4.78 is 5.28. The molecule has 0 saturated heterocycles. The van der Waals surface area contributed by atoms with Crippen LogP contribution in [0.1, 0.15) is 0 Å². The molecule has 0 aliphatic rings. The van der Waals surface area contributed by atoms with Crippen molar-refractivity contribution in [3.63, 3.8) is 0 Å². The average Bonchev–Trinajstić information content (AvgIpc) is 2.86. The van der Waals surface area contributed by atoms with Crippen molar-refractivity contribution >= 4 is 33.5 Å². The third-order valence-electron chi connectivity index (χ3n) is 3.65. The third kappa shape index (κ3) is 1.81. The van der Waals surface area contributed by atoms with Crippen molar-refractivity contribution in [2.24, 2.45) is 0 Å². The number of hydrogen-bond donors (Lipinski definition) is 2. The highest BCUT2D eigenvalue weighted by molar-refractivity contribution is 6.30. The number of nitrogens with one attached hydrogen (secondary N) is 1. The molecule has 2 N–H and O–H groups in total. The Labute approximate surface area is 129 Å². The molecule has 0 spiro atoms. The maximum absolute atomic E-state index is 12.1. The monoisotopic (exact) mass is 311 g/mol. The van der Waals surface area contributed by atoms with E-state index < -0.39 is 5.63 Å². The van der Waals surface area contributed by atoms with E-state index in [2.05, 4.69) is 4.98 Å². The van der Waals surface area contributed by atoms with E-state index in [0.717, 1.165) is 0 Å². The number of aromatic amines is 1. The van der Waals surface area contributed by atoms with E-state index in [1.165, 1.54) is 0 Å². The van der Waals surface area contributed by atoms with Crippen molar-refractivity contribution in [3.05, 3.63) is 64.0 Å². The summed E-state index contributed by atoms with van der Waals surface area (Å²) in [5, 5.41) is 12.3. The first-order valence-corrected chi connectivity index (χ1v) is 7.05. The summed E-state index contributed by atoms with van der Waals surface area (Å²) in [7, 11) is 0. The molecule has 2 heterocycles. The van der Waals surface area contributed by atoms with Crippen molar-refractivity contribution in [1.82, 2.24) is 4.98 Å². The van der Waals surface area contributed by atoms with Gasteiger partial charge in [-0.15, -0.1) is 0 Å². The largest absolute Gasteiger partial charge is 0.505 e. The summed E-state index contributed by atoms with van der Waals surface area (Å²) in [5.41, 5.74) is 1.31. The summed E-state index contributed by atoms with van der Waals surface area (Å²) in [4.78, 5) is 15.1. The Balaban J connectivity index is 2.15. The molecular formula is C17H10ClNO3. The second-order valence-electron chi connectivity index (χ2n) is 4.99. The zero-order valence-corrected chi connectivity index (χ0v) is 12.0. The Kier molecular flexibility index (Phi) is 2.74. The minimum atomic E-state index is -0.516. The van der Waals surface area contributed by atoms with E-state index in [9.17, 15) is 9.90 Å². The standard InChI is InChI=1S/C17H10ClNO3/c18-10-5-3-4-9(8-10)14-16(20)13-11-6-1-2-7-12(11)22-17(21)15(13)19-14/h1-8,19-20H.